The van der Waals surface area contributed by atoms with Crippen molar-refractivity contribution in [3.8, 4) is 0 Å². The molecule has 0 unspecified atom stereocenters. The van der Waals surface area contributed by atoms with Crippen molar-refractivity contribution in [2.24, 2.45) is 0 Å². The zero-order valence-electron chi connectivity index (χ0n) is 5.91. The maximum atomic E-state index is 10.7. The Bertz CT molecular complexity index is 326. The van der Waals surface area contributed by atoms with Gasteiger partial charge in [0.1, 0.15) is 0 Å². The third kappa shape index (κ3) is 2.42. The Balaban J connectivity index is 3.08. The summed E-state index contributed by atoms with van der Waals surface area (Å²) < 4.78 is 39.3. The van der Waals surface area contributed by atoms with Gasteiger partial charge in [-0.3, -0.25) is 0 Å². The molecular formula is C6H6As2O4. The van der Waals surface area contributed by atoms with Crippen LogP contribution in [0.2, 0.25) is 0 Å². The van der Waals surface area contributed by atoms with Gasteiger partial charge in [-0.05, 0) is 0 Å². The molecule has 0 heterocycles. The zero-order valence-corrected chi connectivity index (χ0v) is 9.67. The van der Waals surface area contributed by atoms with Crippen LogP contribution < -0.4 is 8.70 Å². The zero-order chi connectivity index (χ0) is 9.19. The van der Waals surface area contributed by atoms with Crippen LogP contribution in [0.15, 0.2) is 24.3 Å². The first-order valence-electron chi connectivity index (χ1n) is 3.03. The summed E-state index contributed by atoms with van der Waals surface area (Å²) in [6.07, 6.45) is 0. The second kappa shape index (κ2) is 3.71. The van der Waals surface area contributed by atoms with E-state index in [1.807, 2.05) is 0 Å². The number of rotatable bonds is 2. The van der Waals surface area contributed by atoms with Crippen LogP contribution in [0.3, 0.4) is 0 Å². The molecule has 0 amide bonds. The van der Waals surface area contributed by atoms with Crippen LogP contribution in [0.25, 0.3) is 0 Å². The van der Waals surface area contributed by atoms with E-state index in [9.17, 15) is 7.48 Å². The molecule has 0 aliphatic rings. The molecule has 0 atom stereocenters. The summed E-state index contributed by atoms with van der Waals surface area (Å²) in [7, 11) is 0. The molecule has 0 aromatic heterocycles. The van der Waals surface area contributed by atoms with Crippen molar-refractivity contribution in [1.29, 1.82) is 0 Å². The molecule has 0 bridgehead atoms. The van der Waals surface area contributed by atoms with Gasteiger partial charge in [0, 0.05) is 0 Å². The quantitative estimate of drug-likeness (QED) is 0.614. The Morgan fingerprint density at radius 2 is 1.67 bits per heavy atom. The van der Waals surface area contributed by atoms with E-state index in [-0.39, 0.29) is 4.35 Å². The minimum atomic E-state index is -4.73. The van der Waals surface area contributed by atoms with Crippen LogP contribution in [0.5, 0.6) is 0 Å². The first kappa shape index (κ1) is 9.94. The van der Waals surface area contributed by atoms with E-state index in [2.05, 4.69) is 0 Å². The molecule has 0 radical (unpaired) electrons. The van der Waals surface area contributed by atoms with Gasteiger partial charge in [-0.15, -0.1) is 0 Å². The molecule has 2 N–H and O–H groups in total. The van der Waals surface area contributed by atoms with E-state index in [1.165, 1.54) is 24.3 Å². The topological polar surface area (TPSA) is 74.6 Å². The van der Waals surface area contributed by atoms with Gasteiger partial charge in [0.2, 0.25) is 0 Å². The van der Waals surface area contributed by atoms with Crippen molar-refractivity contribution in [3.05, 3.63) is 24.3 Å². The standard InChI is InChI=1S/C6H6As2O4/c9-7-5-1-3-6(4-2-5)8(10,11)12/h1-4H,(H2,10,11,12). The van der Waals surface area contributed by atoms with Gasteiger partial charge >= 0.3 is 78.5 Å². The summed E-state index contributed by atoms with van der Waals surface area (Å²) in [6, 6.07) is 5.59. The van der Waals surface area contributed by atoms with Gasteiger partial charge in [-0.2, -0.15) is 0 Å². The Kier molecular flexibility index (Phi) is 3.08. The van der Waals surface area contributed by atoms with Crippen molar-refractivity contribution < 1.29 is 15.7 Å². The molecule has 0 aliphatic heterocycles. The molecule has 1 rings (SSSR count). The Hall–Kier alpha value is -0.143. The van der Waals surface area contributed by atoms with Crippen LogP contribution in [0.4, 0.5) is 0 Å². The molecule has 1 aromatic carbocycles. The minimum absolute atomic E-state index is 0.0199. The van der Waals surface area contributed by atoms with Crippen molar-refractivity contribution in [3.63, 3.8) is 0 Å². The van der Waals surface area contributed by atoms with Crippen LogP contribution in [-0.4, -0.2) is 38.1 Å². The van der Waals surface area contributed by atoms with E-state index >= 15 is 0 Å². The SMILES string of the molecule is O=[As]c1ccc([As](=O)(O)O)cc1. The molecule has 0 fully saturated rings. The van der Waals surface area contributed by atoms with Gasteiger partial charge in [-0.25, -0.2) is 0 Å². The molecular weight excluding hydrogens is 286 g/mol. The predicted molar refractivity (Wildman–Crippen MR) is 43.0 cm³/mol. The van der Waals surface area contributed by atoms with Crippen molar-refractivity contribution in [2.45, 2.75) is 0 Å². The number of hydrogen-bond donors (Lipinski definition) is 2. The average molecular weight is 292 g/mol. The molecule has 1 aromatic rings. The van der Waals surface area contributed by atoms with Crippen molar-refractivity contribution in [1.82, 2.24) is 0 Å². The van der Waals surface area contributed by atoms with Gasteiger partial charge in [0.15, 0.2) is 0 Å². The van der Waals surface area contributed by atoms with Gasteiger partial charge in [0.05, 0.1) is 0 Å². The molecule has 6 heteroatoms. The van der Waals surface area contributed by atoms with E-state index in [4.69, 9.17) is 8.19 Å². The van der Waals surface area contributed by atoms with E-state index in [1.54, 1.807) is 0 Å². The molecule has 4 nitrogen and oxygen atoms in total. The second-order valence-corrected chi connectivity index (χ2v) is 6.98. The average Bonchev–Trinajstić information content (AvgIpc) is 2.03. The third-order valence-corrected chi connectivity index (χ3v) is 4.40. The normalized spacial score (nSPS) is 11.8. The van der Waals surface area contributed by atoms with Gasteiger partial charge in [0.25, 0.3) is 0 Å². The molecule has 0 spiro atoms. The van der Waals surface area contributed by atoms with Crippen LogP contribution >= 0.6 is 0 Å². The molecule has 0 saturated carbocycles. The fourth-order valence-corrected chi connectivity index (χ4v) is 2.40. The van der Waals surface area contributed by atoms with Gasteiger partial charge in [-0.1, -0.05) is 0 Å². The summed E-state index contributed by atoms with van der Waals surface area (Å²) in [5.74, 6) is 0. The molecule has 12 heavy (non-hydrogen) atoms. The molecule has 0 aliphatic carbocycles. The third-order valence-electron chi connectivity index (χ3n) is 1.29. The first-order valence-corrected chi connectivity index (χ1v) is 8.12. The van der Waals surface area contributed by atoms with Crippen molar-refractivity contribution in [2.75, 3.05) is 0 Å². The van der Waals surface area contributed by atoms with Crippen molar-refractivity contribution >= 4 is 38.6 Å². The summed E-state index contributed by atoms with van der Waals surface area (Å²) in [5, 5.41) is 0. The summed E-state index contributed by atoms with van der Waals surface area (Å²) in [4.78, 5) is 0. The summed E-state index contributed by atoms with van der Waals surface area (Å²) in [5.41, 5.74) is 0. The summed E-state index contributed by atoms with van der Waals surface area (Å²) >= 11 is -5.84. The second-order valence-electron chi connectivity index (χ2n) is 2.15. The predicted octanol–water partition coefficient (Wildman–Crippen LogP) is -2.08. The van der Waals surface area contributed by atoms with E-state index < -0.39 is 29.9 Å². The fraction of sp³-hybridized carbons (Fsp3) is 0. The number of benzene rings is 1. The van der Waals surface area contributed by atoms with Crippen LogP contribution in [0, 0.1) is 0 Å². The Morgan fingerprint density at radius 3 is 2.00 bits per heavy atom. The maximum absolute atomic E-state index is 10.7. The Morgan fingerprint density at radius 1 is 1.17 bits per heavy atom. The molecule has 64 valence electrons. The van der Waals surface area contributed by atoms with E-state index in [0.717, 1.165) is 0 Å². The molecule has 0 saturated heterocycles. The fourth-order valence-electron chi connectivity index (χ4n) is 0.708. The van der Waals surface area contributed by atoms with Crippen LogP contribution in [0.1, 0.15) is 0 Å². The van der Waals surface area contributed by atoms with Crippen LogP contribution in [-0.2, 0) is 7.48 Å². The monoisotopic (exact) mass is 292 g/mol. The Labute approximate surface area is 78.5 Å². The van der Waals surface area contributed by atoms with E-state index in [0.29, 0.717) is 4.35 Å². The van der Waals surface area contributed by atoms with Gasteiger partial charge < -0.3 is 0 Å². The first-order chi connectivity index (χ1) is 5.54. The number of hydrogen-bond acceptors (Lipinski definition) is 2. The summed E-state index contributed by atoms with van der Waals surface area (Å²) in [6.45, 7) is 0.